The van der Waals surface area contributed by atoms with Gasteiger partial charge in [-0.2, -0.15) is 5.26 Å². The average Bonchev–Trinajstić information content (AvgIpc) is 2.93. The van der Waals surface area contributed by atoms with E-state index >= 15 is 0 Å². The van der Waals surface area contributed by atoms with Crippen molar-refractivity contribution >= 4 is 17.0 Å². The molecule has 7 nitrogen and oxygen atoms in total. The van der Waals surface area contributed by atoms with Crippen molar-refractivity contribution in [3.63, 3.8) is 0 Å². The van der Waals surface area contributed by atoms with Gasteiger partial charge in [0.2, 0.25) is 5.56 Å². The fourth-order valence-corrected chi connectivity index (χ4v) is 2.82. The van der Waals surface area contributed by atoms with E-state index in [4.69, 9.17) is 9.47 Å². The van der Waals surface area contributed by atoms with E-state index in [0.29, 0.717) is 28.6 Å². The molecule has 0 aliphatic carbocycles. The van der Waals surface area contributed by atoms with Crippen LogP contribution in [0.25, 0.3) is 10.9 Å². The molecular formula is C18H19N3O4. The number of alkyl carbamates (subject to hydrolysis) is 1. The van der Waals surface area contributed by atoms with Crippen LogP contribution < -0.4 is 15.6 Å². The van der Waals surface area contributed by atoms with Crippen LogP contribution in [0.1, 0.15) is 31.9 Å². The molecule has 1 unspecified atom stereocenters. The molecule has 1 aromatic heterocycles. The molecule has 0 radical (unpaired) electrons. The number of benzene rings is 1. The summed E-state index contributed by atoms with van der Waals surface area (Å²) in [5.41, 5.74) is 0.912. The molecule has 25 heavy (non-hydrogen) atoms. The summed E-state index contributed by atoms with van der Waals surface area (Å²) in [4.78, 5) is 26.0. The smallest absolute Gasteiger partial charge is 0.407 e. The number of pyridine rings is 1. The summed E-state index contributed by atoms with van der Waals surface area (Å²) in [7, 11) is 0. The van der Waals surface area contributed by atoms with Crippen molar-refractivity contribution in [2.45, 2.75) is 38.9 Å². The largest absolute Gasteiger partial charge is 0.487 e. The highest BCUT2D eigenvalue weighted by Crippen LogP contribution is 2.36. The maximum atomic E-state index is 11.8. The molecule has 130 valence electrons. The van der Waals surface area contributed by atoms with Gasteiger partial charge in [0.05, 0.1) is 17.6 Å². The number of amides is 1. The maximum absolute atomic E-state index is 11.8. The molecular weight excluding hydrogens is 322 g/mol. The molecule has 1 amide bonds. The third-order valence-corrected chi connectivity index (χ3v) is 3.77. The van der Waals surface area contributed by atoms with Gasteiger partial charge in [0.15, 0.2) is 0 Å². The third-order valence-electron chi connectivity index (χ3n) is 3.77. The lowest BCUT2D eigenvalue weighted by molar-refractivity contribution is 0.0506. The Morgan fingerprint density at radius 1 is 1.48 bits per heavy atom. The van der Waals surface area contributed by atoms with Crippen molar-refractivity contribution in [2.75, 3.05) is 6.54 Å². The van der Waals surface area contributed by atoms with Crippen LogP contribution in [0.5, 0.6) is 5.75 Å². The number of ether oxygens (including phenoxy) is 2. The normalized spacial score (nSPS) is 16.0. The van der Waals surface area contributed by atoms with Crippen LogP contribution >= 0.6 is 0 Å². The SMILES string of the molecule is CC(C)(C)OC(=O)NCC1Cc2cc(C#N)c3[nH]c(=O)ccc3c2O1. The van der Waals surface area contributed by atoms with E-state index in [9.17, 15) is 14.9 Å². The van der Waals surface area contributed by atoms with E-state index in [2.05, 4.69) is 16.4 Å². The fourth-order valence-electron chi connectivity index (χ4n) is 2.82. The van der Waals surface area contributed by atoms with Crippen LogP contribution in [0.3, 0.4) is 0 Å². The second kappa shape index (κ2) is 6.13. The first kappa shape index (κ1) is 16.8. The number of hydrogen-bond donors (Lipinski definition) is 2. The molecule has 0 spiro atoms. The lowest BCUT2D eigenvalue weighted by Crippen LogP contribution is -2.38. The lowest BCUT2D eigenvalue weighted by Gasteiger charge is -2.20. The lowest BCUT2D eigenvalue weighted by atomic mass is 10.0. The highest BCUT2D eigenvalue weighted by atomic mass is 16.6. The first-order valence-corrected chi connectivity index (χ1v) is 7.99. The van der Waals surface area contributed by atoms with E-state index < -0.39 is 11.7 Å². The van der Waals surface area contributed by atoms with Gasteiger partial charge in [-0.1, -0.05) is 0 Å². The second-order valence-electron chi connectivity index (χ2n) is 6.96. The van der Waals surface area contributed by atoms with E-state index in [0.717, 1.165) is 5.56 Å². The molecule has 1 aliphatic rings. The summed E-state index contributed by atoms with van der Waals surface area (Å²) < 4.78 is 11.1. The zero-order valence-electron chi connectivity index (χ0n) is 14.3. The minimum atomic E-state index is -0.562. The first-order valence-electron chi connectivity index (χ1n) is 7.99. The topological polar surface area (TPSA) is 104 Å². The van der Waals surface area contributed by atoms with Crippen molar-refractivity contribution < 1.29 is 14.3 Å². The quantitative estimate of drug-likeness (QED) is 0.871. The van der Waals surface area contributed by atoms with E-state index in [1.807, 2.05) is 0 Å². The number of nitrogens with one attached hydrogen (secondary N) is 2. The fraction of sp³-hybridized carbons (Fsp3) is 0.389. The van der Waals surface area contributed by atoms with Gasteiger partial charge in [0, 0.05) is 17.9 Å². The number of rotatable bonds is 2. The molecule has 0 bridgehead atoms. The van der Waals surface area contributed by atoms with Crippen molar-refractivity contribution in [1.82, 2.24) is 10.3 Å². The van der Waals surface area contributed by atoms with Gasteiger partial charge >= 0.3 is 6.09 Å². The zero-order valence-corrected chi connectivity index (χ0v) is 14.3. The highest BCUT2D eigenvalue weighted by molar-refractivity contribution is 5.91. The van der Waals surface area contributed by atoms with Gasteiger partial charge in [-0.15, -0.1) is 0 Å². The third kappa shape index (κ3) is 3.58. The average molecular weight is 341 g/mol. The number of H-pyrrole nitrogens is 1. The minimum Gasteiger partial charge on any atom is -0.487 e. The Morgan fingerprint density at radius 3 is 2.92 bits per heavy atom. The van der Waals surface area contributed by atoms with Crippen molar-refractivity contribution in [3.8, 4) is 11.8 Å². The first-order chi connectivity index (χ1) is 11.8. The number of carbonyl (C=O) groups excluding carboxylic acids is 1. The van der Waals surface area contributed by atoms with Crippen LogP contribution in [-0.4, -0.2) is 29.3 Å². The Balaban J connectivity index is 1.79. The monoisotopic (exact) mass is 341 g/mol. The molecule has 1 atom stereocenters. The van der Waals surface area contributed by atoms with Gasteiger partial charge in [-0.3, -0.25) is 4.79 Å². The Bertz CT molecular complexity index is 934. The molecule has 3 rings (SSSR count). The molecule has 0 fully saturated rings. The second-order valence-corrected chi connectivity index (χ2v) is 6.96. The summed E-state index contributed by atoms with van der Waals surface area (Å²) in [5, 5.41) is 12.7. The summed E-state index contributed by atoms with van der Waals surface area (Å²) in [5.74, 6) is 0.640. The van der Waals surface area contributed by atoms with E-state index in [1.165, 1.54) is 6.07 Å². The standard InChI is InChI=1S/C18H19N3O4/c1-18(2,3)25-17(23)20-9-12-7-10-6-11(8-19)15-13(16(10)24-12)4-5-14(22)21-15/h4-6,12H,7,9H2,1-3H3,(H,20,23)(H,21,22). The van der Waals surface area contributed by atoms with Gasteiger partial charge in [0.1, 0.15) is 23.5 Å². The Labute approximate surface area is 144 Å². The Kier molecular flexibility index (Phi) is 4.13. The highest BCUT2D eigenvalue weighted by Gasteiger charge is 2.27. The van der Waals surface area contributed by atoms with Gasteiger partial charge in [-0.25, -0.2) is 4.79 Å². The van der Waals surface area contributed by atoms with Crippen molar-refractivity contribution in [1.29, 1.82) is 5.26 Å². The molecule has 1 aromatic carbocycles. The minimum absolute atomic E-state index is 0.258. The van der Waals surface area contributed by atoms with Crippen LogP contribution in [0.15, 0.2) is 23.0 Å². The summed E-state index contributed by atoms with van der Waals surface area (Å²) >= 11 is 0. The number of fused-ring (bicyclic) bond motifs is 3. The summed E-state index contributed by atoms with van der Waals surface area (Å²) in [6, 6.07) is 6.88. The number of carbonyl (C=O) groups is 1. The molecule has 2 aromatic rings. The number of aromatic nitrogens is 1. The van der Waals surface area contributed by atoms with Crippen LogP contribution in [0.2, 0.25) is 0 Å². The molecule has 2 N–H and O–H groups in total. The summed E-state index contributed by atoms with van der Waals surface area (Å²) in [6.45, 7) is 5.68. The van der Waals surface area contributed by atoms with Crippen molar-refractivity contribution in [2.24, 2.45) is 0 Å². The molecule has 7 heteroatoms. The van der Waals surface area contributed by atoms with Gasteiger partial charge in [-0.05, 0) is 38.5 Å². The number of hydrogen-bond acceptors (Lipinski definition) is 5. The van der Waals surface area contributed by atoms with Crippen molar-refractivity contribution in [3.05, 3.63) is 39.7 Å². The van der Waals surface area contributed by atoms with Gasteiger partial charge in [0.25, 0.3) is 0 Å². The molecule has 1 aliphatic heterocycles. The van der Waals surface area contributed by atoms with Crippen LogP contribution in [0, 0.1) is 11.3 Å². The molecule has 0 saturated heterocycles. The zero-order chi connectivity index (χ0) is 18.2. The Hall–Kier alpha value is -3.01. The molecule has 0 saturated carbocycles. The number of nitriles is 1. The van der Waals surface area contributed by atoms with Gasteiger partial charge < -0.3 is 19.8 Å². The van der Waals surface area contributed by atoms with Crippen LogP contribution in [0.4, 0.5) is 4.79 Å². The van der Waals surface area contributed by atoms with E-state index in [1.54, 1.807) is 32.9 Å². The Morgan fingerprint density at radius 2 is 2.24 bits per heavy atom. The number of nitrogens with zero attached hydrogens (tertiary/aromatic N) is 1. The predicted octanol–water partition coefficient (Wildman–Crippen LogP) is 2.23. The molecule has 2 heterocycles. The number of aromatic amines is 1. The summed E-state index contributed by atoms with van der Waals surface area (Å²) in [6.07, 6.45) is -0.194. The predicted molar refractivity (Wildman–Crippen MR) is 91.6 cm³/mol. The van der Waals surface area contributed by atoms with Crippen LogP contribution in [-0.2, 0) is 11.2 Å². The van der Waals surface area contributed by atoms with E-state index in [-0.39, 0.29) is 18.2 Å². The maximum Gasteiger partial charge on any atom is 0.407 e.